The van der Waals surface area contributed by atoms with Gasteiger partial charge in [0.2, 0.25) is 5.91 Å². The van der Waals surface area contributed by atoms with Gasteiger partial charge in [-0.25, -0.2) is 0 Å². The zero-order chi connectivity index (χ0) is 13.8. The van der Waals surface area contributed by atoms with Crippen LogP contribution in [0.3, 0.4) is 0 Å². The van der Waals surface area contributed by atoms with E-state index in [4.69, 9.17) is 9.84 Å². The molecule has 1 aliphatic rings. The molecule has 5 heteroatoms. The fourth-order valence-corrected chi connectivity index (χ4v) is 1.98. The summed E-state index contributed by atoms with van der Waals surface area (Å²) in [5.74, 6) is -1.54. The van der Waals surface area contributed by atoms with Crippen LogP contribution in [0.1, 0.15) is 24.8 Å². The van der Waals surface area contributed by atoms with Gasteiger partial charge in [0.15, 0.2) is 0 Å². The number of nitrogens with one attached hydrogen (secondary N) is 1. The second-order valence-electron chi connectivity index (χ2n) is 4.73. The van der Waals surface area contributed by atoms with Crippen LogP contribution in [0.4, 0.5) is 5.69 Å². The predicted octanol–water partition coefficient (Wildman–Crippen LogP) is 1.85. The molecule has 2 N–H and O–H groups in total. The Morgan fingerprint density at radius 2 is 2.05 bits per heavy atom. The van der Waals surface area contributed by atoms with Gasteiger partial charge in [-0.15, -0.1) is 0 Å². The molecule has 1 aliphatic heterocycles. The average molecular weight is 263 g/mol. The lowest BCUT2D eigenvalue weighted by Gasteiger charge is -2.11. The number of benzene rings is 1. The van der Waals surface area contributed by atoms with Crippen LogP contribution >= 0.6 is 0 Å². The highest BCUT2D eigenvalue weighted by atomic mass is 16.5. The Hall–Kier alpha value is -1.88. The van der Waals surface area contributed by atoms with Crippen LogP contribution in [-0.2, 0) is 14.3 Å². The maximum atomic E-state index is 11.9. The number of carbonyl (C=O) groups excluding carboxylic acids is 1. The molecule has 1 amide bonds. The molecule has 1 aromatic carbocycles. The van der Waals surface area contributed by atoms with Crippen molar-refractivity contribution >= 4 is 17.6 Å². The lowest BCUT2D eigenvalue weighted by atomic mass is 10.0. The van der Waals surface area contributed by atoms with Crippen LogP contribution in [0.2, 0.25) is 0 Å². The van der Waals surface area contributed by atoms with Crippen molar-refractivity contribution < 1.29 is 19.4 Å². The summed E-state index contributed by atoms with van der Waals surface area (Å²) in [5, 5.41) is 11.7. The van der Waals surface area contributed by atoms with E-state index >= 15 is 0 Å². The highest BCUT2D eigenvalue weighted by molar-refractivity contribution is 5.92. The largest absolute Gasteiger partial charge is 0.481 e. The molecule has 1 saturated heterocycles. The zero-order valence-electron chi connectivity index (χ0n) is 10.8. The van der Waals surface area contributed by atoms with Gasteiger partial charge in [0.1, 0.15) is 0 Å². The molecule has 0 aromatic heterocycles. The quantitative estimate of drug-likeness (QED) is 0.869. The van der Waals surface area contributed by atoms with Gasteiger partial charge >= 0.3 is 5.97 Å². The summed E-state index contributed by atoms with van der Waals surface area (Å²) in [6.45, 7) is 2.74. The highest BCUT2D eigenvalue weighted by Crippen LogP contribution is 2.20. The second kappa shape index (κ2) is 5.84. The summed E-state index contributed by atoms with van der Waals surface area (Å²) in [7, 11) is 0. The first-order valence-corrected chi connectivity index (χ1v) is 6.29. The third kappa shape index (κ3) is 3.32. The minimum Gasteiger partial charge on any atom is -0.481 e. The van der Waals surface area contributed by atoms with E-state index in [1.807, 2.05) is 0 Å². The Bertz CT molecular complexity index is 463. The van der Waals surface area contributed by atoms with Crippen LogP contribution in [0.25, 0.3) is 0 Å². The number of aliphatic carboxylic acids is 1. The van der Waals surface area contributed by atoms with Gasteiger partial charge in [0.25, 0.3) is 0 Å². The van der Waals surface area contributed by atoms with Crippen molar-refractivity contribution in [3.05, 3.63) is 29.8 Å². The Balaban J connectivity index is 1.98. The van der Waals surface area contributed by atoms with E-state index in [0.29, 0.717) is 18.9 Å². The topological polar surface area (TPSA) is 75.6 Å². The summed E-state index contributed by atoms with van der Waals surface area (Å²) in [4.78, 5) is 22.7. The Kier molecular flexibility index (Phi) is 4.16. The standard InChI is InChI=1S/C14H17NO4/c1-9(14(17)18)10-2-4-12(5-3-10)15-13(16)11-6-7-19-8-11/h2-5,9,11H,6-8H2,1H3,(H,15,16)(H,17,18). The smallest absolute Gasteiger partial charge is 0.310 e. The number of carbonyl (C=O) groups is 2. The minimum absolute atomic E-state index is 0.0449. The third-order valence-electron chi connectivity index (χ3n) is 3.35. The van der Waals surface area contributed by atoms with Crippen molar-refractivity contribution in [2.45, 2.75) is 19.3 Å². The number of carboxylic acid groups (broad SMARTS) is 1. The van der Waals surface area contributed by atoms with Crippen molar-refractivity contribution in [1.82, 2.24) is 0 Å². The van der Waals surface area contributed by atoms with Crippen LogP contribution in [0.5, 0.6) is 0 Å². The van der Waals surface area contributed by atoms with E-state index in [1.54, 1.807) is 31.2 Å². The molecule has 2 unspecified atom stereocenters. The van der Waals surface area contributed by atoms with Gasteiger partial charge in [-0.05, 0) is 31.0 Å². The fraction of sp³-hybridized carbons (Fsp3) is 0.429. The fourth-order valence-electron chi connectivity index (χ4n) is 1.98. The SMILES string of the molecule is CC(C(=O)O)c1ccc(NC(=O)C2CCOC2)cc1. The van der Waals surface area contributed by atoms with Crippen molar-refractivity contribution in [3.63, 3.8) is 0 Å². The molecule has 1 aromatic rings. The van der Waals surface area contributed by atoms with Crippen molar-refractivity contribution in [3.8, 4) is 0 Å². The number of carboxylic acids is 1. The lowest BCUT2D eigenvalue weighted by molar-refractivity contribution is -0.138. The van der Waals surface area contributed by atoms with E-state index in [1.165, 1.54) is 0 Å². The lowest BCUT2D eigenvalue weighted by Crippen LogP contribution is -2.22. The molecule has 0 spiro atoms. The number of hydrogen-bond donors (Lipinski definition) is 2. The number of amides is 1. The first kappa shape index (κ1) is 13.5. The molecule has 1 fully saturated rings. The Morgan fingerprint density at radius 1 is 1.37 bits per heavy atom. The highest BCUT2D eigenvalue weighted by Gasteiger charge is 2.23. The number of rotatable bonds is 4. The summed E-state index contributed by atoms with van der Waals surface area (Å²) in [6.07, 6.45) is 0.750. The maximum Gasteiger partial charge on any atom is 0.310 e. The molecule has 0 bridgehead atoms. The summed E-state index contributed by atoms with van der Waals surface area (Å²) < 4.78 is 5.17. The molecular weight excluding hydrogens is 246 g/mol. The molecule has 102 valence electrons. The van der Waals surface area contributed by atoms with Crippen molar-refractivity contribution in [1.29, 1.82) is 0 Å². The van der Waals surface area contributed by atoms with Crippen LogP contribution < -0.4 is 5.32 Å². The second-order valence-corrected chi connectivity index (χ2v) is 4.73. The molecule has 1 heterocycles. The van der Waals surface area contributed by atoms with Gasteiger partial charge < -0.3 is 15.2 Å². The van der Waals surface area contributed by atoms with Crippen molar-refractivity contribution in [2.24, 2.45) is 5.92 Å². The summed E-state index contributed by atoms with van der Waals surface area (Å²) in [6, 6.07) is 6.89. The molecule has 0 saturated carbocycles. The monoisotopic (exact) mass is 263 g/mol. The molecule has 2 atom stereocenters. The number of ether oxygens (including phenoxy) is 1. The van der Waals surface area contributed by atoms with Gasteiger partial charge in [-0.2, -0.15) is 0 Å². The first-order chi connectivity index (χ1) is 9.08. The van der Waals surface area contributed by atoms with Gasteiger partial charge in [0.05, 0.1) is 18.4 Å². The minimum atomic E-state index is -0.861. The molecule has 2 rings (SSSR count). The van der Waals surface area contributed by atoms with Gasteiger partial charge in [-0.3, -0.25) is 9.59 Å². The van der Waals surface area contributed by atoms with E-state index in [0.717, 1.165) is 12.0 Å². The van der Waals surface area contributed by atoms with E-state index in [2.05, 4.69) is 5.32 Å². The van der Waals surface area contributed by atoms with E-state index < -0.39 is 11.9 Å². The van der Waals surface area contributed by atoms with E-state index in [-0.39, 0.29) is 11.8 Å². The van der Waals surface area contributed by atoms with Crippen LogP contribution in [-0.4, -0.2) is 30.2 Å². The molecule has 0 aliphatic carbocycles. The van der Waals surface area contributed by atoms with Gasteiger partial charge in [-0.1, -0.05) is 12.1 Å². The predicted molar refractivity (Wildman–Crippen MR) is 70.0 cm³/mol. The number of anilines is 1. The Labute approximate surface area is 111 Å². The number of hydrogen-bond acceptors (Lipinski definition) is 3. The van der Waals surface area contributed by atoms with E-state index in [9.17, 15) is 9.59 Å². The van der Waals surface area contributed by atoms with Gasteiger partial charge in [0, 0.05) is 12.3 Å². The molecule has 19 heavy (non-hydrogen) atoms. The maximum absolute atomic E-state index is 11.9. The summed E-state index contributed by atoms with van der Waals surface area (Å²) in [5.41, 5.74) is 1.40. The van der Waals surface area contributed by atoms with Crippen molar-refractivity contribution in [2.75, 3.05) is 18.5 Å². The first-order valence-electron chi connectivity index (χ1n) is 6.29. The zero-order valence-corrected chi connectivity index (χ0v) is 10.8. The van der Waals surface area contributed by atoms with Crippen LogP contribution in [0.15, 0.2) is 24.3 Å². The average Bonchev–Trinajstić information content (AvgIpc) is 2.92. The molecule has 5 nitrogen and oxygen atoms in total. The molecule has 0 radical (unpaired) electrons. The molecular formula is C14H17NO4. The van der Waals surface area contributed by atoms with Crippen LogP contribution in [0, 0.1) is 5.92 Å². The Morgan fingerprint density at radius 3 is 2.58 bits per heavy atom. The normalized spacial score (nSPS) is 19.9. The third-order valence-corrected chi connectivity index (χ3v) is 3.35. The summed E-state index contributed by atoms with van der Waals surface area (Å²) >= 11 is 0.